The van der Waals surface area contributed by atoms with Crippen LogP contribution in [0.4, 0.5) is 0 Å². The first kappa shape index (κ1) is 52.9. The van der Waals surface area contributed by atoms with Gasteiger partial charge in [-0.25, -0.2) is 4.57 Å². The number of carbonyl (C=O) groups is 2. The molecule has 3 atom stereocenters. The van der Waals surface area contributed by atoms with Crippen molar-refractivity contribution in [3.8, 4) is 0 Å². The van der Waals surface area contributed by atoms with Crippen molar-refractivity contribution >= 4 is 19.8 Å². The highest BCUT2D eigenvalue weighted by molar-refractivity contribution is 7.47. The number of aliphatic hydroxyl groups is 2. The van der Waals surface area contributed by atoms with Gasteiger partial charge < -0.3 is 24.6 Å². The van der Waals surface area contributed by atoms with Gasteiger partial charge in [-0.3, -0.25) is 18.6 Å². The van der Waals surface area contributed by atoms with Gasteiger partial charge in [-0.1, -0.05) is 165 Å². The molecule has 10 nitrogen and oxygen atoms in total. The van der Waals surface area contributed by atoms with Gasteiger partial charge in [-0.05, 0) is 51.4 Å². The maximum absolute atomic E-state index is 12.4. The molecule has 0 aromatic carbocycles. The van der Waals surface area contributed by atoms with Crippen molar-refractivity contribution < 1.29 is 47.8 Å². The number of aliphatic hydroxyl groups excluding tert-OH is 2. The van der Waals surface area contributed by atoms with Crippen LogP contribution in [0.2, 0.25) is 0 Å². The molecule has 3 N–H and O–H groups in total. The van der Waals surface area contributed by atoms with E-state index in [2.05, 4.69) is 62.5 Å². The fourth-order valence-electron chi connectivity index (χ4n) is 5.75. The summed E-state index contributed by atoms with van der Waals surface area (Å²) < 4.78 is 32.5. The Hall–Kier alpha value is -2.07. The number of hydrogen-bond acceptors (Lipinski definition) is 9. The lowest BCUT2D eigenvalue weighted by molar-refractivity contribution is -0.153. The summed E-state index contributed by atoms with van der Waals surface area (Å²) in [4.78, 5) is 34.5. The number of esters is 2. The largest absolute Gasteiger partial charge is 0.472 e. The fourth-order valence-corrected chi connectivity index (χ4v) is 6.54. The molecule has 0 fully saturated rings. The van der Waals surface area contributed by atoms with E-state index < -0.39 is 58.4 Å². The van der Waals surface area contributed by atoms with Gasteiger partial charge >= 0.3 is 19.8 Å². The van der Waals surface area contributed by atoms with E-state index in [0.717, 1.165) is 70.6 Å². The molecule has 0 aliphatic heterocycles. The van der Waals surface area contributed by atoms with E-state index in [1.54, 1.807) is 0 Å². The lowest BCUT2D eigenvalue weighted by Crippen LogP contribution is -2.28. The Morgan fingerprint density at radius 1 is 0.509 bits per heavy atom. The van der Waals surface area contributed by atoms with E-state index in [1.807, 2.05) is 0 Å². The summed E-state index contributed by atoms with van der Waals surface area (Å²) in [7, 11) is -4.64. The number of hydrogen-bond donors (Lipinski definition) is 3. The summed E-state index contributed by atoms with van der Waals surface area (Å²) in [5, 5.41) is 19.2. The van der Waals surface area contributed by atoms with Crippen LogP contribution in [0.1, 0.15) is 181 Å². The molecule has 0 saturated heterocycles. The van der Waals surface area contributed by atoms with Crippen molar-refractivity contribution in [3.05, 3.63) is 48.6 Å². The average Bonchev–Trinajstić information content (AvgIpc) is 3.17. The average molecular weight is 799 g/mol. The molecule has 0 amide bonds. The van der Waals surface area contributed by atoms with Gasteiger partial charge in [-0.15, -0.1) is 0 Å². The fraction of sp³-hybridized carbons (Fsp3) is 0.773. The Morgan fingerprint density at radius 2 is 0.855 bits per heavy atom. The number of unbranched alkanes of at least 4 members (excludes halogenated alkanes) is 18. The zero-order valence-electron chi connectivity index (χ0n) is 34.6. The zero-order chi connectivity index (χ0) is 40.5. The smallest absolute Gasteiger partial charge is 0.457 e. The monoisotopic (exact) mass is 799 g/mol. The first-order valence-corrected chi connectivity index (χ1v) is 23.1. The second-order valence-corrected chi connectivity index (χ2v) is 15.8. The van der Waals surface area contributed by atoms with Gasteiger partial charge in [0, 0.05) is 12.8 Å². The number of allylic oxidation sites excluding steroid dienone is 8. The summed E-state index contributed by atoms with van der Waals surface area (Å²) in [6, 6.07) is 0. The molecule has 0 spiro atoms. The number of phosphoric ester groups is 1. The van der Waals surface area contributed by atoms with E-state index in [1.165, 1.54) is 70.6 Å². The second kappa shape index (κ2) is 40.1. The van der Waals surface area contributed by atoms with Gasteiger partial charge in [0.25, 0.3) is 0 Å². The zero-order valence-corrected chi connectivity index (χ0v) is 35.5. The molecule has 320 valence electrons. The van der Waals surface area contributed by atoms with Crippen LogP contribution in [0.25, 0.3) is 0 Å². The molecule has 0 aromatic heterocycles. The van der Waals surface area contributed by atoms with Crippen LogP contribution in [0.3, 0.4) is 0 Å². The minimum Gasteiger partial charge on any atom is -0.457 e. The molecule has 11 heteroatoms. The van der Waals surface area contributed by atoms with Gasteiger partial charge in [0.1, 0.15) is 12.2 Å². The third kappa shape index (κ3) is 38.6. The highest BCUT2D eigenvalue weighted by Crippen LogP contribution is 2.43. The summed E-state index contributed by atoms with van der Waals surface area (Å²) in [5.41, 5.74) is 0. The number of ether oxygens (including phenoxy) is 2. The van der Waals surface area contributed by atoms with Crippen LogP contribution < -0.4 is 0 Å². The van der Waals surface area contributed by atoms with Crippen LogP contribution in [-0.2, 0) is 32.7 Å². The van der Waals surface area contributed by atoms with Gasteiger partial charge in [-0.2, -0.15) is 0 Å². The van der Waals surface area contributed by atoms with E-state index in [4.69, 9.17) is 18.5 Å². The molecule has 0 aromatic rings. The topological polar surface area (TPSA) is 149 Å². The van der Waals surface area contributed by atoms with Gasteiger partial charge in [0.15, 0.2) is 0 Å². The van der Waals surface area contributed by atoms with Gasteiger partial charge in [0.2, 0.25) is 0 Å². The van der Waals surface area contributed by atoms with Crippen molar-refractivity contribution in [3.63, 3.8) is 0 Å². The first-order valence-electron chi connectivity index (χ1n) is 21.6. The molecule has 55 heavy (non-hydrogen) atoms. The van der Waals surface area contributed by atoms with Crippen LogP contribution in [0.15, 0.2) is 48.6 Å². The van der Waals surface area contributed by atoms with Crippen LogP contribution in [-0.4, -0.2) is 65.7 Å². The minimum absolute atomic E-state index is 0.163. The van der Waals surface area contributed by atoms with Crippen LogP contribution in [0.5, 0.6) is 0 Å². The first-order chi connectivity index (χ1) is 26.8. The predicted octanol–water partition coefficient (Wildman–Crippen LogP) is 11.3. The molecule has 0 saturated carbocycles. The predicted molar refractivity (Wildman–Crippen MR) is 224 cm³/mol. The highest BCUT2D eigenvalue weighted by Gasteiger charge is 2.27. The number of rotatable bonds is 40. The Bertz CT molecular complexity index is 1060. The maximum atomic E-state index is 12.4. The maximum Gasteiger partial charge on any atom is 0.472 e. The van der Waals surface area contributed by atoms with Crippen LogP contribution >= 0.6 is 7.82 Å². The van der Waals surface area contributed by atoms with E-state index >= 15 is 0 Å². The van der Waals surface area contributed by atoms with Crippen molar-refractivity contribution in [1.82, 2.24) is 0 Å². The lowest BCUT2D eigenvalue weighted by atomic mass is 10.0. The Morgan fingerprint density at radius 3 is 1.24 bits per heavy atom. The third-order valence-electron chi connectivity index (χ3n) is 9.06. The Kier molecular flexibility index (Phi) is 38.6. The summed E-state index contributed by atoms with van der Waals surface area (Å²) in [5.74, 6) is -1.04. The van der Waals surface area contributed by atoms with Crippen molar-refractivity contribution in [1.29, 1.82) is 0 Å². The molecule has 0 radical (unpaired) electrons. The quantitative estimate of drug-likeness (QED) is 0.0237. The molecule has 0 bridgehead atoms. The van der Waals surface area contributed by atoms with Crippen LogP contribution in [0, 0.1) is 0 Å². The third-order valence-corrected chi connectivity index (χ3v) is 10.0. The molecule has 0 heterocycles. The molecular weight excluding hydrogens is 719 g/mol. The second-order valence-electron chi connectivity index (χ2n) is 14.3. The highest BCUT2D eigenvalue weighted by atomic mass is 31.2. The molecule has 3 unspecified atom stereocenters. The van der Waals surface area contributed by atoms with E-state index in [0.29, 0.717) is 12.8 Å². The molecule has 0 aliphatic carbocycles. The summed E-state index contributed by atoms with van der Waals surface area (Å²) in [6.07, 6.45) is 42.2. The summed E-state index contributed by atoms with van der Waals surface area (Å²) >= 11 is 0. The molecule has 0 aliphatic rings. The minimum atomic E-state index is -4.64. The molecular formula is C44H79O10P. The Labute approximate surface area is 334 Å². The van der Waals surface area contributed by atoms with Gasteiger partial charge in [0.05, 0.1) is 26.4 Å². The number of phosphoric acid groups is 1. The van der Waals surface area contributed by atoms with Crippen molar-refractivity contribution in [2.75, 3.05) is 26.4 Å². The van der Waals surface area contributed by atoms with Crippen molar-refractivity contribution in [2.24, 2.45) is 0 Å². The summed E-state index contributed by atoms with van der Waals surface area (Å²) in [6.45, 7) is 2.07. The molecule has 0 rings (SSSR count). The lowest BCUT2D eigenvalue weighted by Gasteiger charge is -2.20. The SMILES string of the molecule is CC/C=C\C/C=C\C/C=C\C/C=C\CCCCCCC(=O)OC(CO)COP(=O)(O)OCC(CO)OC(=O)CCCCCCCCCCCCCCCCC. The Balaban J connectivity index is 3.96. The van der Waals surface area contributed by atoms with Crippen molar-refractivity contribution in [2.45, 2.75) is 193 Å². The number of carbonyl (C=O) groups excluding carboxylic acids is 2. The standard InChI is InChI=1S/C44H79O10P/c1-3-5-7-9-11-13-15-17-19-20-22-24-26-28-30-32-34-36-44(48)54-42(38-46)40-52-55(49,50)51-39-41(37-45)53-43(47)35-33-31-29-27-25-23-21-18-16-14-12-10-8-6-4-2/h5,7,11,13,17,19,22,24,41-42,45-46H,3-4,6,8-10,12,14-16,18,20-21,23,25-40H2,1-2H3,(H,49,50)/b7-5-,13-11-,19-17-,24-22-. The van der Waals surface area contributed by atoms with E-state index in [9.17, 15) is 29.3 Å². The van der Waals surface area contributed by atoms with E-state index in [-0.39, 0.29) is 12.8 Å². The normalized spacial score (nSPS) is 14.3.